The van der Waals surface area contributed by atoms with E-state index in [4.69, 9.17) is 18.5 Å². The highest BCUT2D eigenvalue weighted by Crippen LogP contribution is 2.43. The molecule has 0 saturated heterocycles. The summed E-state index contributed by atoms with van der Waals surface area (Å²) >= 11 is 0. The maximum atomic E-state index is 12.7. The van der Waals surface area contributed by atoms with Crippen LogP contribution >= 0.6 is 7.82 Å². The number of unbranched alkanes of at least 4 members (excludes halogenated alkanes) is 23. The number of nitrogens with zero attached hydrogens (tertiary/aromatic N) is 1. The van der Waals surface area contributed by atoms with Crippen molar-refractivity contribution in [2.45, 2.75) is 206 Å². The molecule has 0 aromatic carbocycles. The first-order valence-corrected chi connectivity index (χ1v) is 24.1. The molecule has 0 saturated carbocycles. The zero-order chi connectivity index (χ0) is 40.7. The SMILES string of the molecule is CCCCCCCC/C=C/C/C=C/CCCCC(=O)O[C@H](COC(=O)CCCCCCCCCCCCCCCCCC)COP(=O)(O)OCC[N+](C)(C)C. The molecule has 0 bridgehead atoms. The van der Waals surface area contributed by atoms with Crippen molar-refractivity contribution in [3.8, 4) is 0 Å². The summed E-state index contributed by atoms with van der Waals surface area (Å²) < 4.78 is 34.3. The molecule has 0 rings (SSSR count). The Balaban J connectivity index is 4.37. The van der Waals surface area contributed by atoms with Gasteiger partial charge in [0.05, 0.1) is 27.7 Å². The second-order valence-corrected chi connectivity index (χ2v) is 17.9. The Hall–Kier alpha value is -1.51. The summed E-state index contributed by atoms with van der Waals surface area (Å²) in [6.45, 7) is 4.40. The van der Waals surface area contributed by atoms with Gasteiger partial charge < -0.3 is 18.9 Å². The molecule has 0 aromatic heterocycles. The number of ether oxygens (including phenoxy) is 2. The Morgan fingerprint density at radius 1 is 0.564 bits per heavy atom. The van der Waals surface area contributed by atoms with E-state index in [9.17, 15) is 19.0 Å². The fraction of sp³-hybridized carbons (Fsp3) is 0.867. The van der Waals surface area contributed by atoms with Gasteiger partial charge in [0.2, 0.25) is 0 Å². The molecule has 0 radical (unpaired) electrons. The van der Waals surface area contributed by atoms with E-state index in [1.54, 1.807) is 0 Å². The molecule has 0 heterocycles. The third-order valence-corrected chi connectivity index (χ3v) is 10.7. The molecule has 1 N–H and O–H groups in total. The molecule has 0 aliphatic heterocycles. The molecule has 0 aliphatic carbocycles. The lowest BCUT2D eigenvalue weighted by Gasteiger charge is -2.24. The molecule has 1 unspecified atom stereocenters. The lowest BCUT2D eigenvalue weighted by atomic mass is 10.0. The maximum Gasteiger partial charge on any atom is 0.472 e. The van der Waals surface area contributed by atoms with E-state index >= 15 is 0 Å². The molecule has 0 fully saturated rings. The van der Waals surface area contributed by atoms with Crippen LogP contribution in [-0.2, 0) is 32.7 Å². The standard InChI is InChI=1S/C45H86NO8P/c1-6-8-10-12-14-16-18-20-22-24-25-27-29-31-33-35-37-44(47)51-41-43(42-53-55(49,50)52-40-39-46(3,4)5)54-45(48)38-36-34-32-30-28-26-23-21-19-17-15-13-11-9-7-2/h21,23,28,30,43H,6-20,22,24-27,29,31-42H2,1-5H3/p+1/b23-21+,30-28+/t43-/m1/s1. The third-order valence-electron chi connectivity index (χ3n) is 9.73. The monoisotopic (exact) mass is 801 g/mol. The fourth-order valence-electron chi connectivity index (χ4n) is 6.16. The molecule has 2 atom stereocenters. The summed E-state index contributed by atoms with van der Waals surface area (Å²) in [6.07, 6.45) is 40.8. The van der Waals surface area contributed by atoms with Crippen molar-refractivity contribution in [2.24, 2.45) is 0 Å². The molecule has 0 aromatic rings. The second kappa shape index (κ2) is 38.0. The van der Waals surface area contributed by atoms with Crippen LogP contribution in [0.1, 0.15) is 200 Å². The maximum absolute atomic E-state index is 12.7. The molecule has 55 heavy (non-hydrogen) atoms. The van der Waals surface area contributed by atoms with E-state index in [-0.39, 0.29) is 32.0 Å². The predicted molar refractivity (Wildman–Crippen MR) is 229 cm³/mol. The zero-order valence-electron chi connectivity index (χ0n) is 36.4. The molecular weight excluding hydrogens is 713 g/mol. The van der Waals surface area contributed by atoms with Crippen molar-refractivity contribution >= 4 is 19.8 Å². The van der Waals surface area contributed by atoms with Gasteiger partial charge in [0, 0.05) is 12.8 Å². The van der Waals surface area contributed by atoms with Crippen LogP contribution in [0.4, 0.5) is 0 Å². The minimum absolute atomic E-state index is 0.0277. The Kier molecular flexibility index (Phi) is 37.0. The number of quaternary nitrogens is 1. The first kappa shape index (κ1) is 53.5. The number of esters is 2. The van der Waals surface area contributed by atoms with Crippen LogP contribution in [0.5, 0.6) is 0 Å². The summed E-state index contributed by atoms with van der Waals surface area (Å²) in [5.74, 6) is -0.829. The van der Waals surface area contributed by atoms with Crippen molar-refractivity contribution in [1.29, 1.82) is 0 Å². The topological polar surface area (TPSA) is 108 Å². The number of likely N-dealkylation sites (N-methyl/N-ethyl adjacent to an activating group) is 1. The quantitative estimate of drug-likeness (QED) is 0.0214. The summed E-state index contributed by atoms with van der Waals surface area (Å²) in [4.78, 5) is 35.3. The Morgan fingerprint density at radius 3 is 1.47 bits per heavy atom. The fourth-order valence-corrected chi connectivity index (χ4v) is 6.90. The van der Waals surface area contributed by atoms with Gasteiger partial charge in [-0.3, -0.25) is 18.6 Å². The lowest BCUT2D eigenvalue weighted by molar-refractivity contribution is -0.870. The van der Waals surface area contributed by atoms with Crippen molar-refractivity contribution in [2.75, 3.05) is 47.5 Å². The summed E-state index contributed by atoms with van der Waals surface area (Å²) in [5.41, 5.74) is 0. The van der Waals surface area contributed by atoms with Crippen LogP contribution in [0.25, 0.3) is 0 Å². The largest absolute Gasteiger partial charge is 0.472 e. The van der Waals surface area contributed by atoms with Crippen molar-refractivity contribution in [3.63, 3.8) is 0 Å². The summed E-state index contributed by atoms with van der Waals surface area (Å²) in [7, 11) is 1.46. The number of carbonyl (C=O) groups is 2. The van der Waals surface area contributed by atoms with Gasteiger partial charge >= 0.3 is 19.8 Å². The highest BCUT2D eigenvalue weighted by Gasteiger charge is 2.27. The van der Waals surface area contributed by atoms with Crippen LogP contribution in [0.3, 0.4) is 0 Å². The van der Waals surface area contributed by atoms with E-state index < -0.39 is 26.5 Å². The average molecular weight is 801 g/mol. The number of allylic oxidation sites excluding steroid dienone is 4. The van der Waals surface area contributed by atoms with Gasteiger partial charge in [0.25, 0.3) is 0 Å². The number of hydrogen-bond donors (Lipinski definition) is 1. The van der Waals surface area contributed by atoms with Crippen LogP contribution in [0.15, 0.2) is 24.3 Å². The number of phosphoric acid groups is 1. The molecule has 324 valence electrons. The first-order valence-electron chi connectivity index (χ1n) is 22.6. The second-order valence-electron chi connectivity index (χ2n) is 16.4. The van der Waals surface area contributed by atoms with Crippen molar-refractivity contribution in [3.05, 3.63) is 24.3 Å². The summed E-state index contributed by atoms with van der Waals surface area (Å²) in [6, 6.07) is 0. The highest BCUT2D eigenvalue weighted by atomic mass is 31.2. The number of rotatable bonds is 41. The van der Waals surface area contributed by atoms with Crippen LogP contribution in [0.2, 0.25) is 0 Å². The van der Waals surface area contributed by atoms with Crippen LogP contribution in [-0.4, -0.2) is 74.9 Å². The Labute approximate surface area is 339 Å². The Morgan fingerprint density at radius 2 is 0.982 bits per heavy atom. The van der Waals surface area contributed by atoms with Crippen molar-refractivity contribution < 1.29 is 42.1 Å². The minimum atomic E-state index is -4.38. The molecule has 0 aliphatic rings. The van der Waals surface area contributed by atoms with Gasteiger partial charge in [0.1, 0.15) is 19.8 Å². The van der Waals surface area contributed by atoms with Gasteiger partial charge in [-0.15, -0.1) is 0 Å². The first-order chi connectivity index (χ1) is 26.5. The smallest absolute Gasteiger partial charge is 0.462 e. The molecule has 0 spiro atoms. The van der Waals surface area contributed by atoms with Crippen molar-refractivity contribution in [1.82, 2.24) is 0 Å². The van der Waals surface area contributed by atoms with E-state index in [0.29, 0.717) is 17.4 Å². The Bertz CT molecular complexity index is 996. The van der Waals surface area contributed by atoms with Crippen LogP contribution < -0.4 is 0 Å². The van der Waals surface area contributed by atoms with E-state index in [0.717, 1.165) is 44.9 Å². The summed E-state index contributed by atoms with van der Waals surface area (Å²) in [5, 5.41) is 0. The molecule has 0 amide bonds. The average Bonchev–Trinajstić information content (AvgIpc) is 3.13. The van der Waals surface area contributed by atoms with Gasteiger partial charge in [-0.25, -0.2) is 4.57 Å². The zero-order valence-corrected chi connectivity index (χ0v) is 37.3. The van der Waals surface area contributed by atoms with E-state index in [1.807, 2.05) is 21.1 Å². The third kappa shape index (κ3) is 41.9. The van der Waals surface area contributed by atoms with Crippen LogP contribution in [0, 0.1) is 0 Å². The van der Waals surface area contributed by atoms with E-state index in [2.05, 4.69) is 38.2 Å². The number of carbonyl (C=O) groups excluding carboxylic acids is 2. The molecular formula is C45H87NO8P+. The minimum Gasteiger partial charge on any atom is -0.462 e. The lowest BCUT2D eigenvalue weighted by Crippen LogP contribution is -2.37. The van der Waals surface area contributed by atoms with Gasteiger partial charge in [-0.1, -0.05) is 167 Å². The van der Waals surface area contributed by atoms with Gasteiger partial charge in [0.15, 0.2) is 6.10 Å². The normalized spacial score (nSPS) is 13.8. The van der Waals surface area contributed by atoms with Gasteiger partial charge in [-0.05, 0) is 44.9 Å². The van der Waals surface area contributed by atoms with E-state index in [1.165, 1.54) is 122 Å². The molecule has 9 nitrogen and oxygen atoms in total. The van der Waals surface area contributed by atoms with Gasteiger partial charge in [-0.2, -0.15) is 0 Å². The number of phosphoric ester groups is 1. The number of hydrogen-bond acceptors (Lipinski definition) is 7. The molecule has 10 heteroatoms. The highest BCUT2D eigenvalue weighted by molar-refractivity contribution is 7.47. The predicted octanol–water partition coefficient (Wildman–Crippen LogP) is 12.7.